The van der Waals surface area contributed by atoms with Crippen molar-refractivity contribution in [3.8, 4) is 0 Å². The van der Waals surface area contributed by atoms with E-state index in [1.165, 1.54) is 6.20 Å². The average molecular weight is 338 g/mol. The summed E-state index contributed by atoms with van der Waals surface area (Å²) in [7, 11) is 1.73. The summed E-state index contributed by atoms with van der Waals surface area (Å²) in [5.41, 5.74) is 0.222. The van der Waals surface area contributed by atoms with Crippen LogP contribution in [0.2, 0.25) is 0 Å². The molecular weight excluding hydrogens is 312 g/mol. The fourth-order valence-electron chi connectivity index (χ4n) is 2.99. The predicted octanol–water partition coefficient (Wildman–Crippen LogP) is 2.91. The van der Waals surface area contributed by atoms with Crippen molar-refractivity contribution >= 4 is 11.8 Å². The molecule has 1 aromatic heterocycles. The molecule has 0 aliphatic carbocycles. The highest BCUT2D eigenvalue weighted by Gasteiger charge is 2.27. The molecule has 0 radical (unpaired) electrons. The van der Waals surface area contributed by atoms with E-state index in [1.54, 1.807) is 16.6 Å². The van der Waals surface area contributed by atoms with Gasteiger partial charge in [-0.1, -0.05) is 0 Å². The highest BCUT2D eigenvalue weighted by molar-refractivity contribution is 5.68. The molecule has 2 heterocycles. The number of aryl methyl sites for hydroxylation is 1. The SMILES string of the molecule is Cn1ncc([N+](=O)[O-])c1C[C@@H]1CCCN(C(=O)OC(C)(C)C)CC1. The first kappa shape index (κ1) is 18.2. The Bertz CT molecular complexity index is 606. The van der Waals surface area contributed by atoms with E-state index in [4.69, 9.17) is 4.74 Å². The van der Waals surface area contributed by atoms with Crippen LogP contribution in [0.5, 0.6) is 0 Å². The van der Waals surface area contributed by atoms with Gasteiger partial charge in [-0.3, -0.25) is 14.8 Å². The van der Waals surface area contributed by atoms with Crippen LogP contribution in [0.25, 0.3) is 0 Å². The molecule has 0 unspecified atom stereocenters. The molecular formula is C16H26N4O4. The van der Waals surface area contributed by atoms with Crippen LogP contribution in [-0.4, -0.2) is 44.4 Å². The van der Waals surface area contributed by atoms with Crippen LogP contribution >= 0.6 is 0 Å². The van der Waals surface area contributed by atoms with E-state index in [2.05, 4.69) is 5.10 Å². The smallest absolute Gasteiger partial charge is 0.410 e. The molecule has 0 spiro atoms. The Labute approximate surface area is 141 Å². The number of aromatic nitrogens is 2. The number of amides is 1. The zero-order valence-electron chi connectivity index (χ0n) is 14.8. The maximum Gasteiger partial charge on any atom is 0.410 e. The van der Waals surface area contributed by atoms with Crippen LogP contribution in [0.1, 0.15) is 45.7 Å². The number of rotatable bonds is 3. The van der Waals surface area contributed by atoms with Crippen LogP contribution in [0, 0.1) is 16.0 Å². The molecule has 1 saturated heterocycles. The summed E-state index contributed by atoms with van der Waals surface area (Å²) in [6.45, 7) is 6.84. The molecule has 1 aliphatic heterocycles. The third-order valence-corrected chi connectivity index (χ3v) is 4.22. The molecule has 1 aromatic rings. The van der Waals surface area contributed by atoms with Crippen molar-refractivity contribution in [2.45, 2.75) is 52.1 Å². The van der Waals surface area contributed by atoms with Gasteiger partial charge >= 0.3 is 11.8 Å². The lowest BCUT2D eigenvalue weighted by Crippen LogP contribution is -2.37. The number of nitrogens with zero attached hydrogens (tertiary/aromatic N) is 4. The molecule has 0 bridgehead atoms. The fraction of sp³-hybridized carbons (Fsp3) is 0.750. The Morgan fingerprint density at radius 1 is 1.42 bits per heavy atom. The van der Waals surface area contributed by atoms with Crippen molar-refractivity contribution < 1.29 is 14.5 Å². The number of carbonyl (C=O) groups excluding carboxylic acids is 1. The van der Waals surface area contributed by atoms with Gasteiger partial charge < -0.3 is 9.64 Å². The molecule has 0 N–H and O–H groups in total. The highest BCUT2D eigenvalue weighted by Crippen LogP contribution is 2.27. The standard InChI is InChI=1S/C16H26N4O4/c1-16(2,3)24-15(21)19-8-5-6-12(7-9-19)10-13-14(20(22)23)11-17-18(13)4/h11-12H,5-10H2,1-4H3/t12-/m1/s1. The van der Waals surface area contributed by atoms with Crippen LogP contribution in [0.15, 0.2) is 6.20 Å². The predicted molar refractivity (Wildman–Crippen MR) is 88.7 cm³/mol. The first-order valence-corrected chi connectivity index (χ1v) is 8.30. The molecule has 1 atom stereocenters. The highest BCUT2D eigenvalue weighted by atomic mass is 16.6. The van der Waals surface area contributed by atoms with E-state index in [0.29, 0.717) is 31.1 Å². The number of hydrogen-bond acceptors (Lipinski definition) is 5. The Morgan fingerprint density at radius 2 is 2.12 bits per heavy atom. The minimum Gasteiger partial charge on any atom is -0.444 e. The largest absolute Gasteiger partial charge is 0.444 e. The molecule has 0 aromatic carbocycles. The number of likely N-dealkylation sites (tertiary alicyclic amines) is 1. The second-order valence-electron chi connectivity index (χ2n) is 7.33. The summed E-state index contributed by atoms with van der Waals surface area (Å²) in [6.07, 6.45) is 4.24. The fourth-order valence-corrected chi connectivity index (χ4v) is 2.99. The van der Waals surface area contributed by atoms with E-state index in [1.807, 2.05) is 20.8 Å². The third kappa shape index (κ3) is 4.69. The van der Waals surface area contributed by atoms with Gasteiger partial charge in [0.05, 0.1) is 4.92 Å². The summed E-state index contributed by atoms with van der Waals surface area (Å²) < 4.78 is 7.01. The number of ether oxygens (including phenoxy) is 1. The van der Waals surface area contributed by atoms with E-state index in [9.17, 15) is 14.9 Å². The summed E-state index contributed by atoms with van der Waals surface area (Å²) in [5.74, 6) is 0.298. The molecule has 1 amide bonds. The molecule has 0 saturated carbocycles. The normalized spacial score (nSPS) is 19.0. The van der Waals surface area contributed by atoms with Gasteiger partial charge in [-0.15, -0.1) is 0 Å². The van der Waals surface area contributed by atoms with Gasteiger partial charge in [-0.05, 0) is 52.4 Å². The molecule has 1 fully saturated rings. The van der Waals surface area contributed by atoms with Crippen LogP contribution < -0.4 is 0 Å². The monoisotopic (exact) mass is 338 g/mol. The van der Waals surface area contributed by atoms with Crippen molar-refractivity contribution in [1.82, 2.24) is 14.7 Å². The number of carbonyl (C=O) groups is 1. The second kappa shape index (κ2) is 7.19. The van der Waals surface area contributed by atoms with Gasteiger partial charge in [0, 0.05) is 20.1 Å². The lowest BCUT2D eigenvalue weighted by molar-refractivity contribution is -0.385. The number of nitro groups is 1. The summed E-state index contributed by atoms with van der Waals surface area (Å²) in [4.78, 5) is 24.6. The molecule has 24 heavy (non-hydrogen) atoms. The maximum atomic E-state index is 12.2. The Morgan fingerprint density at radius 3 is 2.75 bits per heavy atom. The minimum atomic E-state index is -0.502. The summed E-state index contributed by atoms with van der Waals surface area (Å²) >= 11 is 0. The quantitative estimate of drug-likeness (QED) is 0.624. The lowest BCUT2D eigenvalue weighted by Gasteiger charge is -2.26. The molecule has 1 aliphatic rings. The lowest BCUT2D eigenvalue weighted by atomic mass is 9.95. The second-order valence-corrected chi connectivity index (χ2v) is 7.33. The van der Waals surface area contributed by atoms with E-state index in [0.717, 1.165) is 19.3 Å². The zero-order valence-corrected chi connectivity index (χ0v) is 14.8. The first-order valence-electron chi connectivity index (χ1n) is 8.30. The van der Waals surface area contributed by atoms with Gasteiger partial charge in [0.15, 0.2) is 0 Å². The van der Waals surface area contributed by atoms with Crippen LogP contribution in [-0.2, 0) is 18.2 Å². The summed E-state index contributed by atoms with van der Waals surface area (Å²) in [6, 6.07) is 0. The van der Waals surface area contributed by atoms with Crippen molar-refractivity contribution in [3.63, 3.8) is 0 Å². The molecule has 8 heteroatoms. The van der Waals surface area contributed by atoms with Crippen LogP contribution in [0.3, 0.4) is 0 Å². The Hall–Kier alpha value is -2.12. The first-order chi connectivity index (χ1) is 11.2. The number of hydrogen-bond donors (Lipinski definition) is 0. The maximum absolute atomic E-state index is 12.2. The topological polar surface area (TPSA) is 90.5 Å². The Kier molecular flexibility index (Phi) is 5.46. The van der Waals surface area contributed by atoms with E-state index < -0.39 is 5.60 Å². The summed E-state index contributed by atoms with van der Waals surface area (Å²) in [5, 5.41) is 15.1. The molecule has 8 nitrogen and oxygen atoms in total. The van der Waals surface area contributed by atoms with Gasteiger partial charge in [-0.25, -0.2) is 4.79 Å². The van der Waals surface area contributed by atoms with Gasteiger partial charge in [0.2, 0.25) is 0 Å². The molecule has 2 rings (SSSR count). The average Bonchev–Trinajstić information content (AvgIpc) is 2.68. The van der Waals surface area contributed by atoms with E-state index >= 15 is 0 Å². The Balaban J connectivity index is 1.98. The minimum absolute atomic E-state index is 0.0748. The van der Waals surface area contributed by atoms with Gasteiger partial charge in [0.25, 0.3) is 0 Å². The van der Waals surface area contributed by atoms with Gasteiger partial charge in [0.1, 0.15) is 17.5 Å². The molecule has 134 valence electrons. The van der Waals surface area contributed by atoms with Crippen molar-refractivity contribution in [1.29, 1.82) is 0 Å². The zero-order chi connectivity index (χ0) is 17.9. The van der Waals surface area contributed by atoms with Crippen molar-refractivity contribution in [2.75, 3.05) is 13.1 Å². The van der Waals surface area contributed by atoms with Crippen molar-refractivity contribution in [3.05, 3.63) is 22.0 Å². The van der Waals surface area contributed by atoms with Crippen molar-refractivity contribution in [2.24, 2.45) is 13.0 Å². The van der Waals surface area contributed by atoms with Crippen LogP contribution in [0.4, 0.5) is 10.5 Å². The van der Waals surface area contributed by atoms with Gasteiger partial charge in [-0.2, -0.15) is 5.10 Å². The third-order valence-electron chi connectivity index (χ3n) is 4.22. The van der Waals surface area contributed by atoms with E-state index in [-0.39, 0.29) is 16.7 Å².